The summed E-state index contributed by atoms with van der Waals surface area (Å²) in [4.78, 5) is 0. The second kappa shape index (κ2) is 27.1. The summed E-state index contributed by atoms with van der Waals surface area (Å²) >= 11 is 0. The van der Waals surface area contributed by atoms with Crippen LogP contribution in [0.2, 0.25) is 0 Å². The molecule has 1 unspecified atom stereocenters. The number of aliphatic hydroxyl groups is 2. The highest BCUT2D eigenvalue weighted by Gasteiger charge is 2.39. The van der Waals surface area contributed by atoms with Crippen LogP contribution in [0.1, 0.15) is 176 Å². The highest BCUT2D eigenvalue weighted by Crippen LogP contribution is 2.49. The van der Waals surface area contributed by atoms with Gasteiger partial charge in [0.2, 0.25) is 0 Å². The van der Waals surface area contributed by atoms with Gasteiger partial charge in [-0.25, -0.2) is 0 Å². The number of rotatable bonds is 9. The van der Waals surface area contributed by atoms with Gasteiger partial charge in [0.15, 0.2) is 0 Å². The third-order valence-electron chi connectivity index (χ3n) is 11.2. The van der Waals surface area contributed by atoms with Gasteiger partial charge in [0, 0.05) is 25.7 Å². The molecule has 0 bridgehead atoms. The molecule has 3 aliphatic rings. The smallest absolute Gasteiger partial charge is 0.0655 e. The summed E-state index contributed by atoms with van der Waals surface area (Å²) in [5.41, 5.74) is 0.133. The molecule has 0 amide bonds. The number of hydrogen-bond donors (Lipinski definition) is 2. The van der Waals surface area contributed by atoms with Gasteiger partial charge in [0.1, 0.15) is 0 Å². The van der Waals surface area contributed by atoms with Crippen molar-refractivity contribution in [3.05, 3.63) is 0 Å². The van der Waals surface area contributed by atoms with E-state index in [2.05, 4.69) is 103 Å². The molecule has 4 nitrogen and oxygen atoms in total. The Balaban J connectivity index is -0.000000510. The highest BCUT2D eigenvalue weighted by atomic mass is 16.5. The molecular weight excluding hydrogens is 590 g/mol. The van der Waals surface area contributed by atoms with E-state index in [1.807, 2.05) is 34.6 Å². The molecule has 1 aliphatic heterocycles. The van der Waals surface area contributed by atoms with Gasteiger partial charge in [-0.3, -0.25) is 0 Å². The molecule has 2 saturated carbocycles. The van der Waals surface area contributed by atoms with Gasteiger partial charge in [0.05, 0.1) is 11.7 Å². The van der Waals surface area contributed by atoms with Crippen molar-refractivity contribution in [2.24, 2.45) is 76.4 Å². The maximum absolute atomic E-state index is 9.19. The van der Waals surface area contributed by atoms with E-state index in [1.165, 1.54) is 38.5 Å². The van der Waals surface area contributed by atoms with Crippen molar-refractivity contribution in [1.82, 2.24) is 0 Å². The number of hydrogen-bond acceptors (Lipinski definition) is 4. The lowest BCUT2D eigenvalue weighted by atomic mass is 9.70. The lowest BCUT2D eigenvalue weighted by Crippen LogP contribution is -2.29. The quantitative estimate of drug-likeness (QED) is 0.254. The molecule has 0 spiro atoms. The van der Waals surface area contributed by atoms with Gasteiger partial charge in [-0.15, -0.1) is 0 Å². The lowest BCUT2D eigenvalue weighted by Gasteiger charge is -2.36. The maximum atomic E-state index is 9.19. The summed E-state index contributed by atoms with van der Waals surface area (Å²) in [6.45, 7) is 43.9. The highest BCUT2D eigenvalue weighted by molar-refractivity contribution is 4.89. The summed E-state index contributed by atoms with van der Waals surface area (Å²) in [5.74, 6) is 9.05. The average Bonchev–Trinajstić information content (AvgIpc) is 3.79. The number of aliphatic hydroxyl groups excluding tert-OH is 1. The molecule has 1 heterocycles. The van der Waals surface area contributed by atoms with Crippen molar-refractivity contribution >= 4 is 0 Å². The molecule has 0 aromatic rings. The van der Waals surface area contributed by atoms with Crippen molar-refractivity contribution in [3.63, 3.8) is 0 Å². The van der Waals surface area contributed by atoms with Crippen molar-refractivity contribution in [2.75, 3.05) is 19.8 Å². The first kappa shape index (κ1) is 51.7. The fourth-order valence-corrected chi connectivity index (χ4v) is 5.31. The maximum Gasteiger partial charge on any atom is 0.0655 e. The molecular formula is C44H91NO3. The molecule has 3 rings (SSSR count). The van der Waals surface area contributed by atoms with E-state index < -0.39 is 5.60 Å². The lowest BCUT2D eigenvalue weighted by molar-refractivity contribution is 0.0523. The van der Waals surface area contributed by atoms with Crippen molar-refractivity contribution in [3.8, 4) is 6.07 Å². The standard InChI is InChI=1S/C9H18.2C8H16O.C7H16O.C6H11N.C6H14/c1-7(2)9(3,4)8-5-6-8;1-6(2)8-3-7(4-8)5-9;1-7(2)8-3-5-9-6-4-8;1-6(2)5-7(3,4)8;1-5(2)6(3)4-7;1-5(2)6(3)4/h7-8H,5-6H2,1-4H3;6-9H,3-5H2,1-2H3;7-8H,3-6H2,1-2H3;6,8H,5H2,1-4H3;5-6H,1-3H3;5-6H,1-4H3. The monoisotopic (exact) mass is 682 g/mol. The first-order chi connectivity index (χ1) is 21.8. The third kappa shape index (κ3) is 29.1. The Morgan fingerprint density at radius 3 is 1.23 bits per heavy atom. The molecule has 3 fully saturated rings. The molecule has 1 saturated heterocycles. The van der Waals surface area contributed by atoms with E-state index in [-0.39, 0.29) is 5.92 Å². The predicted octanol–water partition coefficient (Wildman–Crippen LogP) is 12.7. The predicted molar refractivity (Wildman–Crippen MR) is 213 cm³/mol. The first-order valence-electron chi connectivity index (χ1n) is 20.1. The zero-order chi connectivity index (χ0) is 38.4. The van der Waals surface area contributed by atoms with Crippen LogP contribution in [0.4, 0.5) is 0 Å². The van der Waals surface area contributed by atoms with E-state index in [1.54, 1.807) is 0 Å². The summed E-state index contributed by atoms with van der Waals surface area (Å²) < 4.78 is 5.25. The topological polar surface area (TPSA) is 73.5 Å². The summed E-state index contributed by atoms with van der Waals surface area (Å²) in [5, 5.41) is 26.1. The van der Waals surface area contributed by atoms with E-state index in [4.69, 9.17) is 15.1 Å². The second-order valence-electron chi connectivity index (χ2n) is 19.0. The van der Waals surface area contributed by atoms with Gasteiger partial charge >= 0.3 is 0 Å². The van der Waals surface area contributed by atoms with Crippen LogP contribution < -0.4 is 0 Å². The van der Waals surface area contributed by atoms with Crippen LogP contribution in [0.15, 0.2) is 0 Å². The molecule has 1 atom stereocenters. The fourth-order valence-electron chi connectivity index (χ4n) is 5.31. The van der Waals surface area contributed by atoms with E-state index in [0.717, 1.165) is 67.0 Å². The van der Waals surface area contributed by atoms with Crippen LogP contribution in [0.5, 0.6) is 0 Å². The molecule has 2 N–H and O–H groups in total. The van der Waals surface area contributed by atoms with Crippen molar-refractivity contribution in [2.45, 2.75) is 182 Å². The van der Waals surface area contributed by atoms with Crippen LogP contribution in [0.25, 0.3) is 0 Å². The fraction of sp³-hybridized carbons (Fsp3) is 0.977. The molecule has 290 valence electrons. The second-order valence-corrected chi connectivity index (χ2v) is 19.0. The minimum Gasteiger partial charge on any atom is -0.396 e. The van der Waals surface area contributed by atoms with Gasteiger partial charge in [0.25, 0.3) is 0 Å². The van der Waals surface area contributed by atoms with Crippen LogP contribution in [0.3, 0.4) is 0 Å². The number of ether oxygens (including phenoxy) is 1. The third-order valence-corrected chi connectivity index (χ3v) is 11.2. The van der Waals surface area contributed by atoms with Gasteiger partial charge < -0.3 is 14.9 Å². The van der Waals surface area contributed by atoms with Crippen molar-refractivity contribution < 1.29 is 14.9 Å². The van der Waals surface area contributed by atoms with Crippen LogP contribution in [-0.2, 0) is 4.74 Å². The Morgan fingerprint density at radius 1 is 0.667 bits per heavy atom. The Kier molecular flexibility index (Phi) is 29.2. The van der Waals surface area contributed by atoms with Gasteiger partial charge in [-0.2, -0.15) is 5.26 Å². The largest absolute Gasteiger partial charge is 0.396 e. The zero-order valence-electron chi connectivity index (χ0n) is 36.2. The minimum absolute atomic E-state index is 0.208. The summed E-state index contributed by atoms with van der Waals surface area (Å²) in [6.07, 6.45) is 8.90. The molecule has 0 aromatic carbocycles. The van der Waals surface area contributed by atoms with Gasteiger partial charge in [-0.05, 0) is 136 Å². The van der Waals surface area contributed by atoms with Crippen LogP contribution in [0, 0.1) is 87.8 Å². The number of nitrogens with zero attached hydrogens (tertiary/aromatic N) is 1. The molecule has 2 aliphatic carbocycles. The molecule has 0 aromatic heterocycles. The molecule has 4 heteroatoms. The van der Waals surface area contributed by atoms with Crippen molar-refractivity contribution in [1.29, 1.82) is 5.26 Å². The van der Waals surface area contributed by atoms with E-state index in [0.29, 0.717) is 29.8 Å². The van der Waals surface area contributed by atoms with Crippen LogP contribution >= 0.6 is 0 Å². The summed E-state index contributed by atoms with van der Waals surface area (Å²) in [7, 11) is 0. The van der Waals surface area contributed by atoms with E-state index in [9.17, 15) is 5.11 Å². The Morgan fingerprint density at radius 2 is 1.08 bits per heavy atom. The average molecular weight is 682 g/mol. The number of nitriles is 1. The van der Waals surface area contributed by atoms with Gasteiger partial charge in [-0.1, -0.05) is 111 Å². The first-order valence-corrected chi connectivity index (χ1v) is 20.1. The Hall–Kier alpha value is -0.630. The van der Waals surface area contributed by atoms with E-state index >= 15 is 0 Å². The summed E-state index contributed by atoms with van der Waals surface area (Å²) in [6, 6.07) is 2.16. The molecule has 0 radical (unpaired) electrons. The Labute approximate surface area is 304 Å². The SMILES string of the molecule is CC(C)C(C)(C)C1CC1.CC(C)C(C)C.CC(C)C(C)C#N.CC(C)C1CC(CO)C1.CC(C)C1CCOCC1.CC(C)CC(C)(C)O. The normalized spacial score (nSPS) is 20.2. The minimum atomic E-state index is -0.478. The van der Waals surface area contributed by atoms with Crippen LogP contribution in [-0.4, -0.2) is 35.6 Å². The zero-order valence-corrected chi connectivity index (χ0v) is 36.2. The Bertz CT molecular complexity index is 743. The molecule has 48 heavy (non-hydrogen) atoms.